The van der Waals surface area contributed by atoms with Crippen molar-refractivity contribution in [3.63, 3.8) is 0 Å². The van der Waals surface area contributed by atoms with Gasteiger partial charge in [0, 0.05) is 19.0 Å². The summed E-state index contributed by atoms with van der Waals surface area (Å²) in [6, 6.07) is -0.631. The lowest BCUT2D eigenvalue weighted by Crippen LogP contribution is -2.49. The molecule has 4 atom stereocenters. The molecule has 2 unspecified atom stereocenters. The third-order valence-corrected chi connectivity index (χ3v) is 5.87. The van der Waals surface area contributed by atoms with Crippen LogP contribution in [0.1, 0.15) is 58.8 Å². The number of guanidine groups is 1. The number of nitro groups is 1. The molecule has 5 N–H and O–H groups in total. The van der Waals surface area contributed by atoms with E-state index in [9.17, 15) is 19.7 Å². The van der Waals surface area contributed by atoms with Gasteiger partial charge in [0.2, 0.25) is 11.8 Å². The summed E-state index contributed by atoms with van der Waals surface area (Å²) in [7, 11) is 0. The van der Waals surface area contributed by atoms with Crippen LogP contribution in [-0.2, 0) is 9.59 Å². The lowest BCUT2D eigenvalue weighted by molar-refractivity contribution is -0.525. The summed E-state index contributed by atoms with van der Waals surface area (Å²) in [4.78, 5) is 39.6. The Morgan fingerprint density at radius 3 is 2.59 bits per heavy atom. The lowest BCUT2D eigenvalue weighted by atomic mass is 9.88. The average molecular weight is 411 g/mol. The van der Waals surface area contributed by atoms with Crippen LogP contribution in [0, 0.1) is 33.8 Å². The molecule has 2 saturated carbocycles. The fourth-order valence-electron chi connectivity index (χ4n) is 4.34. The summed E-state index contributed by atoms with van der Waals surface area (Å²) in [5, 5.41) is 15.4. The van der Waals surface area contributed by atoms with Gasteiger partial charge in [-0.05, 0) is 56.3 Å². The summed E-state index contributed by atoms with van der Waals surface area (Å²) < 4.78 is 0. The van der Waals surface area contributed by atoms with Crippen molar-refractivity contribution < 1.29 is 14.6 Å². The highest BCUT2D eigenvalue weighted by Gasteiger charge is 2.43. The van der Waals surface area contributed by atoms with Gasteiger partial charge in [-0.3, -0.25) is 9.59 Å². The summed E-state index contributed by atoms with van der Waals surface area (Å²) in [6.07, 6.45) is 6.10. The van der Waals surface area contributed by atoms with Crippen LogP contribution < -0.4 is 21.8 Å². The third kappa shape index (κ3) is 7.51. The van der Waals surface area contributed by atoms with Crippen LogP contribution in [0.4, 0.5) is 0 Å². The number of aliphatic imine (C=N–C) groups is 1. The Morgan fingerprint density at radius 2 is 2.00 bits per heavy atom. The van der Waals surface area contributed by atoms with Gasteiger partial charge in [0.25, 0.3) is 5.96 Å². The Kier molecular flexibility index (Phi) is 8.66. The molecule has 2 bridgehead atoms. The number of nitrogens with one attached hydrogen (secondary N) is 3. The van der Waals surface area contributed by atoms with Gasteiger partial charge in [-0.2, -0.15) is 0 Å². The molecule has 0 aliphatic heterocycles. The third-order valence-electron chi connectivity index (χ3n) is 5.87. The SMILES string of the molecule is CC(C)CCNC(=O)[C@H](CCCN=C(N)N[N+](=O)[O-])NC(=O)C1CC2CC[C@@H]1C2. The van der Waals surface area contributed by atoms with Crippen LogP contribution in [-0.4, -0.2) is 41.9 Å². The summed E-state index contributed by atoms with van der Waals surface area (Å²) in [5.41, 5.74) is 7.17. The Hall–Kier alpha value is -2.39. The van der Waals surface area contributed by atoms with E-state index in [0.717, 1.165) is 25.7 Å². The Bertz CT molecular complexity index is 624. The molecule has 0 saturated heterocycles. The minimum atomic E-state index is -0.778. The van der Waals surface area contributed by atoms with Crippen molar-refractivity contribution in [1.29, 1.82) is 0 Å². The quantitative estimate of drug-likeness (QED) is 0.131. The smallest absolute Gasteiger partial charge is 0.251 e. The van der Waals surface area contributed by atoms with Crippen molar-refractivity contribution >= 4 is 17.8 Å². The zero-order valence-electron chi connectivity index (χ0n) is 17.4. The summed E-state index contributed by atoms with van der Waals surface area (Å²) in [5.74, 6) is 1.09. The van der Waals surface area contributed by atoms with Crippen LogP contribution in [0.5, 0.6) is 0 Å². The largest absolute Gasteiger partial charge is 0.365 e. The first-order valence-electron chi connectivity index (χ1n) is 10.5. The van der Waals surface area contributed by atoms with Gasteiger partial charge >= 0.3 is 0 Å². The normalized spacial score (nSPS) is 24.4. The Balaban J connectivity index is 1.87. The second kappa shape index (κ2) is 11.0. The molecule has 2 amide bonds. The van der Waals surface area contributed by atoms with Gasteiger partial charge < -0.3 is 16.4 Å². The first-order chi connectivity index (χ1) is 13.8. The van der Waals surface area contributed by atoms with Crippen molar-refractivity contribution in [2.24, 2.45) is 34.4 Å². The molecule has 0 radical (unpaired) electrons. The first-order valence-corrected chi connectivity index (χ1v) is 10.5. The van der Waals surface area contributed by atoms with E-state index >= 15 is 0 Å². The number of carbonyl (C=O) groups excluding carboxylic acids is 2. The maximum absolute atomic E-state index is 12.8. The number of amides is 2. The van der Waals surface area contributed by atoms with Gasteiger partial charge in [0.1, 0.15) is 6.04 Å². The van der Waals surface area contributed by atoms with E-state index in [1.807, 2.05) is 0 Å². The zero-order valence-corrected chi connectivity index (χ0v) is 17.4. The minimum absolute atomic E-state index is 0.0117. The van der Waals surface area contributed by atoms with E-state index in [1.165, 1.54) is 6.42 Å². The van der Waals surface area contributed by atoms with Crippen molar-refractivity contribution in [3.05, 3.63) is 10.1 Å². The molecular weight excluding hydrogens is 376 g/mol. The van der Waals surface area contributed by atoms with E-state index < -0.39 is 11.1 Å². The van der Waals surface area contributed by atoms with Gasteiger partial charge in [-0.15, -0.1) is 0 Å². The van der Waals surface area contributed by atoms with Crippen LogP contribution in [0.15, 0.2) is 4.99 Å². The molecule has 2 fully saturated rings. The second-order valence-electron chi connectivity index (χ2n) is 8.59. The number of rotatable bonds is 11. The van der Waals surface area contributed by atoms with Crippen molar-refractivity contribution in [2.75, 3.05) is 13.1 Å². The van der Waals surface area contributed by atoms with Gasteiger partial charge in [0.15, 0.2) is 5.03 Å². The van der Waals surface area contributed by atoms with E-state index in [2.05, 4.69) is 29.5 Å². The molecule has 0 aromatic rings. The standard InChI is InChI=1S/C19H34N6O4/c1-12(2)7-9-21-18(27)16(4-3-8-22-19(20)24-25(28)29)23-17(26)15-11-13-5-6-14(15)10-13/h12-16H,3-11H2,1-2H3,(H,21,27)(H,23,26)(H3,20,22,24)/t13?,14-,15?,16+/m1/s1. The number of fused-ring (bicyclic) bond motifs is 2. The number of hydrazine groups is 1. The van der Waals surface area contributed by atoms with Crippen LogP contribution >= 0.6 is 0 Å². The highest BCUT2D eigenvalue weighted by Crippen LogP contribution is 2.48. The van der Waals surface area contributed by atoms with E-state index in [-0.39, 0.29) is 30.2 Å². The monoisotopic (exact) mass is 410 g/mol. The fraction of sp³-hybridized carbons (Fsp3) is 0.842. The highest BCUT2D eigenvalue weighted by atomic mass is 16.7. The van der Waals surface area contributed by atoms with Gasteiger partial charge in [-0.1, -0.05) is 25.7 Å². The highest BCUT2D eigenvalue weighted by molar-refractivity contribution is 5.88. The summed E-state index contributed by atoms with van der Waals surface area (Å²) in [6.45, 7) is 4.96. The lowest BCUT2D eigenvalue weighted by Gasteiger charge is -2.24. The number of hydrogen-bond donors (Lipinski definition) is 4. The molecule has 0 spiro atoms. The van der Waals surface area contributed by atoms with Crippen LogP contribution in [0.3, 0.4) is 0 Å². The molecule has 0 aromatic heterocycles. The fourth-order valence-corrected chi connectivity index (χ4v) is 4.34. The molecule has 29 heavy (non-hydrogen) atoms. The number of carbonyl (C=O) groups is 2. The zero-order chi connectivity index (χ0) is 21.4. The molecule has 10 heteroatoms. The molecule has 10 nitrogen and oxygen atoms in total. The van der Waals surface area contributed by atoms with Gasteiger partial charge in [0.05, 0.1) is 0 Å². The average Bonchev–Trinajstić information content (AvgIpc) is 3.26. The maximum atomic E-state index is 12.8. The Labute approximate surface area is 171 Å². The minimum Gasteiger partial charge on any atom is -0.365 e. The molecule has 164 valence electrons. The second-order valence-corrected chi connectivity index (χ2v) is 8.59. The molecule has 0 aromatic carbocycles. The van der Waals surface area contributed by atoms with Crippen LogP contribution in [0.25, 0.3) is 0 Å². The Morgan fingerprint density at radius 1 is 1.24 bits per heavy atom. The maximum Gasteiger partial charge on any atom is 0.251 e. The van der Waals surface area contributed by atoms with E-state index in [1.54, 1.807) is 5.43 Å². The van der Waals surface area contributed by atoms with Gasteiger partial charge in [-0.25, -0.2) is 15.1 Å². The van der Waals surface area contributed by atoms with Crippen molar-refractivity contribution in [2.45, 2.75) is 64.8 Å². The van der Waals surface area contributed by atoms with Crippen LogP contribution in [0.2, 0.25) is 0 Å². The topological polar surface area (TPSA) is 152 Å². The molecule has 2 rings (SSSR count). The number of nitrogens with zero attached hydrogens (tertiary/aromatic N) is 2. The molecule has 2 aliphatic rings. The molecule has 0 heterocycles. The predicted molar refractivity (Wildman–Crippen MR) is 109 cm³/mol. The van der Waals surface area contributed by atoms with E-state index in [4.69, 9.17) is 5.73 Å². The van der Waals surface area contributed by atoms with Crippen molar-refractivity contribution in [1.82, 2.24) is 16.1 Å². The number of nitrogens with two attached hydrogens (primary N) is 1. The molecule has 2 aliphatic carbocycles. The first kappa shape index (κ1) is 22.9. The summed E-state index contributed by atoms with van der Waals surface area (Å²) >= 11 is 0. The predicted octanol–water partition coefficient (Wildman–Crippen LogP) is 0.946. The molecular formula is C19H34N6O4. The van der Waals surface area contributed by atoms with E-state index in [0.29, 0.717) is 37.1 Å². The number of hydrogen-bond acceptors (Lipinski definition) is 5. The van der Waals surface area contributed by atoms with Crippen molar-refractivity contribution in [3.8, 4) is 0 Å².